The lowest BCUT2D eigenvalue weighted by molar-refractivity contribution is -0.123. The zero-order valence-corrected chi connectivity index (χ0v) is 9.98. The second-order valence-corrected chi connectivity index (χ2v) is 4.46. The largest absolute Gasteiger partial charge is 0.369 e. The third-order valence-electron chi connectivity index (χ3n) is 2.55. The van der Waals surface area contributed by atoms with Crippen molar-refractivity contribution in [3.63, 3.8) is 0 Å². The molecule has 0 radical (unpaired) electrons. The Hall–Kier alpha value is -1.43. The maximum atomic E-state index is 11.7. The van der Waals surface area contributed by atoms with Crippen LogP contribution in [0.1, 0.15) is 6.42 Å². The van der Waals surface area contributed by atoms with Gasteiger partial charge in [0.05, 0.1) is 17.8 Å². The molecule has 2 amide bonds. The van der Waals surface area contributed by atoms with E-state index in [0.29, 0.717) is 16.8 Å². The fourth-order valence-corrected chi connectivity index (χ4v) is 1.91. The summed E-state index contributed by atoms with van der Waals surface area (Å²) < 4.78 is 0.703. The summed E-state index contributed by atoms with van der Waals surface area (Å²) in [5.74, 6) is -0.912. The lowest BCUT2D eigenvalue weighted by Gasteiger charge is -2.15. The number of halogens is 1. The first-order valence-electron chi connectivity index (χ1n) is 4.79. The molecule has 1 fully saturated rings. The van der Waals surface area contributed by atoms with Gasteiger partial charge in [-0.15, -0.1) is 0 Å². The lowest BCUT2D eigenvalue weighted by atomic mass is 10.1. The summed E-state index contributed by atoms with van der Waals surface area (Å²) >= 11 is 3.22. The second-order valence-electron chi connectivity index (χ2n) is 3.65. The van der Waals surface area contributed by atoms with Crippen LogP contribution in [0.5, 0.6) is 0 Å². The number of primary amides is 1. The Labute approximate surface area is 101 Å². The van der Waals surface area contributed by atoms with Crippen molar-refractivity contribution >= 4 is 33.4 Å². The molecule has 1 saturated heterocycles. The highest BCUT2D eigenvalue weighted by atomic mass is 79.9. The molecule has 1 aromatic rings. The van der Waals surface area contributed by atoms with Crippen molar-refractivity contribution in [1.82, 2.24) is 4.98 Å². The number of nitrogens with two attached hydrogens (primary N) is 1. The van der Waals surface area contributed by atoms with E-state index in [-0.39, 0.29) is 12.3 Å². The molecule has 1 aliphatic rings. The molecule has 0 bridgehead atoms. The number of carbonyl (C=O) groups is 2. The van der Waals surface area contributed by atoms with Gasteiger partial charge in [0, 0.05) is 13.0 Å². The van der Waals surface area contributed by atoms with Crippen molar-refractivity contribution in [3.8, 4) is 0 Å². The predicted molar refractivity (Wildman–Crippen MR) is 61.6 cm³/mol. The van der Waals surface area contributed by atoms with E-state index in [4.69, 9.17) is 5.73 Å². The fraction of sp³-hybridized carbons (Fsp3) is 0.300. The first kappa shape index (κ1) is 11.1. The molecule has 16 heavy (non-hydrogen) atoms. The van der Waals surface area contributed by atoms with E-state index in [1.54, 1.807) is 18.3 Å². The molecule has 2 N–H and O–H groups in total. The molecular weight excluding hydrogens is 274 g/mol. The van der Waals surface area contributed by atoms with Gasteiger partial charge in [-0.1, -0.05) is 0 Å². The Balaban J connectivity index is 2.20. The van der Waals surface area contributed by atoms with E-state index in [1.807, 2.05) is 0 Å². The number of hydrogen-bond acceptors (Lipinski definition) is 3. The Kier molecular flexibility index (Phi) is 2.91. The van der Waals surface area contributed by atoms with Crippen molar-refractivity contribution in [1.29, 1.82) is 0 Å². The molecule has 1 unspecified atom stereocenters. The number of pyridine rings is 1. The molecule has 6 heteroatoms. The van der Waals surface area contributed by atoms with Crippen LogP contribution in [0.2, 0.25) is 0 Å². The van der Waals surface area contributed by atoms with Gasteiger partial charge in [-0.05, 0) is 28.1 Å². The monoisotopic (exact) mass is 283 g/mol. The van der Waals surface area contributed by atoms with Crippen molar-refractivity contribution in [3.05, 3.63) is 22.9 Å². The van der Waals surface area contributed by atoms with Crippen LogP contribution in [0.4, 0.5) is 5.69 Å². The van der Waals surface area contributed by atoms with Gasteiger partial charge in [0.25, 0.3) is 0 Å². The molecule has 0 aliphatic carbocycles. The topological polar surface area (TPSA) is 76.3 Å². The molecule has 1 atom stereocenters. The molecule has 5 nitrogen and oxygen atoms in total. The number of aromatic nitrogens is 1. The minimum atomic E-state index is -0.430. The Morgan fingerprint density at radius 3 is 2.81 bits per heavy atom. The summed E-state index contributed by atoms with van der Waals surface area (Å²) in [6.45, 7) is 0.345. The third-order valence-corrected chi connectivity index (χ3v) is 3.02. The molecule has 0 saturated carbocycles. The molecule has 0 spiro atoms. The molecular formula is C10H10BrN3O2. The van der Waals surface area contributed by atoms with E-state index >= 15 is 0 Å². The van der Waals surface area contributed by atoms with Crippen LogP contribution in [-0.4, -0.2) is 23.3 Å². The van der Waals surface area contributed by atoms with Gasteiger partial charge in [0.15, 0.2) is 0 Å². The lowest BCUT2D eigenvalue weighted by Crippen LogP contribution is -2.28. The summed E-state index contributed by atoms with van der Waals surface area (Å²) in [7, 11) is 0. The van der Waals surface area contributed by atoms with E-state index in [0.717, 1.165) is 0 Å². The molecule has 1 aromatic heterocycles. The van der Waals surface area contributed by atoms with Crippen molar-refractivity contribution in [2.45, 2.75) is 6.42 Å². The number of anilines is 1. The van der Waals surface area contributed by atoms with Crippen LogP contribution in [0.3, 0.4) is 0 Å². The van der Waals surface area contributed by atoms with Gasteiger partial charge in [-0.2, -0.15) is 0 Å². The Morgan fingerprint density at radius 1 is 1.56 bits per heavy atom. The van der Waals surface area contributed by atoms with Crippen LogP contribution in [0.15, 0.2) is 22.9 Å². The average molecular weight is 284 g/mol. The van der Waals surface area contributed by atoms with Crippen LogP contribution in [0.25, 0.3) is 0 Å². The van der Waals surface area contributed by atoms with Gasteiger partial charge >= 0.3 is 0 Å². The van der Waals surface area contributed by atoms with Gasteiger partial charge in [0.1, 0.15) is 4.60 Å². The van der Waals surface area contributed by atoms with Gasteiger partial charge in [-0.3, -0.25) is 9.59 Å². The highest BCUT2D eigenvalue weighted by Crippen LogP contribution is 2.24. The quantitative estimate of drug-likeness (QED) is 0.811. The van der Waals surface area contributed by atoms with Crippen LogP contribution in [-0.2, 0) is 9.59 Å². The van der Waals surface area contributed by atoms with E-state index in [9.17, 15) is 9.59 Å². The summed E-state index contributed by atoms with van der Waals surface area (Å²) in [6, 6.07) is 3.53. The number of rotatable bonds is 2. The third kappa shape index (κ3) is 2.06. The van der Waals surface area contributed by atoms with Crippen LogP contribution < -0.4 is 10.6 Å². The Bertz CT molecular complexity index is 432. The predicted octanol–water partition coefficient (Wildman–Crippen LogP) is 0.682. The summed E-state index contributed by atoms with van der Waals surface area (Å²) in [5, 5.41) is 0. The highest BCUT2D eigenvalue weighted by molar-refractivity contribution is 9.10. The minimum absolute atomic E-state index is 0.0899. The van der Waals surface area contributed by atoms with Gasteiger partial charge in [0.2, 0.25) is 11.8 Å². The zero-order valence-electron chi connectivity index (χ0n) is 8.39. The standard InChI is InChI=1S/C10H10BrN3O2/c11-8-2-1-7(4-13-8)14-5-6(10(12)16)3-9(14)15/h1-2,4,6H,3,5H2,(H2,12,16). The van der Waals surface area contributed by atoms with Gasteiger partial charge < -0.3 is 10.6 Å². The Morgan fingerprint density at radius 2 is 2.31 bits per heavy atom. The number of nitrogens with zero attached hydrogens (tertiary/aromatic N) is 2. The molecule has 1 aliphatic heterocycles. The maximum Gasteiger partial charge on any atom is 0.227 e. The van der Waals surface area contributed by atoms with Crippen LogP contribution >= 0.6 is 15.9 Å². The van der Waals surface area contributed by atoms with Crippen LogP contribution in [0, 0.1) is 5.92 Å². The molecule has 0 aromatic carbocycles. The zero-order chi connectivity index (χ0) is 11.7. The van der Waals surface area contributed by atoms with Crippen molar-refractivity contribution in [2.24, 2.45) is 11.7 Å². The van der Waals surface area contributed by atoms with E-state index in [2.05, 4.69) is 20.9 Å². The highest BCUT2D eigenvalue weighted by Gasteiger charge is 2.33. The van der Waals surface area contributed by atoms with Crippen molar-refractivity contribution < 1.29 is 9.59 Å². The first-order valence-corrected chi connectivity index (χ1v) is 5.58. The summed E-state index contributed by atoms with van der Waals surface area (Å²) in [6.07, 6.45) is 1.77. The minimum Gasteiger partial charge on any atom is -0.369 e. The maximum absolute atomic E-state index is 11.7. The smallest absolute Gasteiger partial charge is 0.227 e. The SMILES string of the molecule is NC(=O)C1CC(=O)N(c2ccc(Br)nc2)C1. The summed E-state index contributed by atoms with van der Waals surface area (Å²) in [5.41, 5.74) is 5.88. The molecule has 84 valence electrons. The van der Waals surface area contributed by atoms with Gasteiger partial charge in [-0.25, -0.2) is 4.98 Å². The number of carbonyl (C=O) groups excluding carboxylic acids is 2. The van der Waals surface area contributed by atoms with Crippen molar-refractivity contribution in [2.75, 3.05) is 11.4 Å². The second kappa shape index (κ2) is 4.21. The fourth-order valence-electron chi connectivity index (χ4n) is 1.68. The van der Waals surface area contributed by atoms with E-state index in [1.165, 1.54) is 4.90 Å². The molecule has 2 rings (SSSR count). The number of amides is 2. The summed E-state index contributed by atoms with van der Waals surface area (Å²) in [4.78, 5) is 28.2. The average Bonchev–Trinajstić information content (AvgIpc) is 2.62. The first-order chi connectivity index (χ1) is 7.58. The van der Waals surface area contributed by atoms with E-state index < -0.39 is 11.8 Å². The normalized spacial score (nSPS) is 20.2. The molecule has 2 heterocycles. The number of hydrogen-bond donors (Lipinski definition) is 1.